The molecule has 1 unspecified atom stereocenters. The number of hydrogen-bond donors (Lipinski definition) is 1. The number of aromatic nitrogens is 2. The molecule has 0 bridgehead atoms. The molecular formula is C25H31N5O4S. The molecule has 2 amide bonds. The van der Waals surface area contributed by atoms with Gasteiger partial charge in [0, 0.05) is 44.8 Å². The Labute approximate surface area is 205 Å². The van der Waals surface area contributed by atoms with Gasteiger partial charge in [-0.25, -0.2) is 13.4 Å². The van der Waals surface area contributed by atoms with E-state index >= 15 is 0 Å². The first-order valence-corrected chi connectivity index (χ1v) is 13.3. The fourth-order valence-electron chi connectivity index (χ4n) is 4.56. The van der Waals surface area contributed by atoms with Crippen molar-refractivity contribution in [1.29, 1.82) is 0 Å². The van der Waals surface area contributed by atoms with Crippen LogP contribution < -0.4 is 10.2 Å². The maximum absolute atomic E-state index is 12.8. The largest absolute Gasteiger partial charge is 0.354 e. The topological polar surface area (TPSA) is 105 Å². The fraction of sp³-hybridized carbons (Fsp3) is 0.400. The van der Waals surface area contributed by atoms with E-state index in [0.717, 1.165) is 16.9 Å². The Morgan fingerprint density at radius 1 is 1.11 bits per heavy atom. The maximum Gasteiger partial charge on any atom is 0.243 e. The van der Waals surface area contributed by atoms with Crippen molar-refractivity contribution in [3.63, 3.8) is 0 Å². The molecular weight excluding hydrogens is 466 g/mol. The van der Waals surface area contributed by atoms with Crippen LogP contribution in [-0.2, 0) is 26.2 Å². The van der Waals surface area contributed by atoms with Crippen LogP contribution in [0, 0.1) is 12.8 Å². The Hall–Kier alpha value is -3.24. The number of carbonyl (C=O) groups is 2. The van der Waals surface area contributed by atoms with Crippen LogP contribution in [0.1, 0.15) is 26.1 Å². The summed E-state index contributed by atoms with van der Waals surface area (Å²) in [6.07, 6.45) is 0.123. The van der Waals surface area contributed by atoms with Crippen LogP contribution in [0.2, 0.25) is 0 Å². The van der Waals surface area contributed by atoms with Gasteiger partial charge in [0.25, 0.3) is 0 Å². The van der Waals surface area contributed by atoms with E-state index in [1.165, 1.54) is 16.4 Å². The van der Waals surface area contributed by atoms with Crippen molar-refractivity contribution in [3.05, 3.63) is 54.4 Å². The van der Waals surface area contributed by atoms with Gasteiger partial charge in [-0.1, -0.05) is 26.0 Å². The Kier molecular flexibility index (Phi) is 7.23. The lowest BCUT2D eigenvalue weighted by Gasteiger charge is -2.20. The van der Waals surface area contributed by atoms with Gasteiger partial charge in [-0.3, -0.25) is 9.59 Å². The van der Waals surface area contributed by atoms with Crippen LogP contribution in [0.25, 0.3) is 11.0 Å². The Morgan fingerprint density at radius 2 is 1.80 bits per heavy atom. The first-order valence-electron chi connectivity index (χ1n) is 11.9. The molecule has 1 N–H and O–H groups in total. The molecule has 4 rings (SSSR count). The number of benzene rings is 2. The fourth-order valence-corrected chi connectivity index (χ4v) is 6.01. The summed E-state index contributed by atoms with van der Waals surface area (Å²) in [6, 6.07) is 14.2. The SMILES string of the molecule is CCN(CC)S(=O)(=O)c1ccc(N2CC(C(=O)NCCn3c(C)nc4ccccc43)CC2=O)cc1. The first kappa shape index (κ1) is 24.9. The normalized spacial score (nSPS) is 16.4. The highest BCUT2D eigenvalue weighted by molar-refractivity contribution is 7.89. The number of anilines is 1. The zero-order valence-corrected chi connectivity index (χ0v) is 21.1. The van der Waals surface area contributed by atoms with Crippen molar-refractivity contribution < 1.29 is 18.0 Å². The molecule has 2 heterocycles. The van der Waals surface area contributed by atoms with E-state index in [-0.39, 0.29) is 29.7 Å². The number of amides is 2. The van der Waals surface area contributed by atoms with Crippen molar-refractivity contribution in [1.82, 2.24) is 19.2 Å². The maximum atomic E-state index is 12.8. The van der Waals surface area contributed by atoms with E-state index in [1.807, 2.05) is 31.2 Å². The van der Waals surface area contributed by atoms with Gasteiger partial charge in [-0.15, -0.1) is 0 Å². The summed E-state index contributed by atoms with van der Waals surface area (Å²) in [7, 11) is -3.57. The molecule has 0 aliphatic carbocycles. The Balaban J connectivity index is 1.37. The Morgan fingerprint density at radius 3 is 2.49 bits per heavy atom. The van der Waals surface area contributed by atoms with E-state index in [1.54, 1.807) is 30.9 Å². The Bertz CT molecular complexity index is 1330. The zero-order valence-electron chi connectivity index (χ0n) is 20.3. The van der Waals surface area contributed by atoms with Crippen LogP contribution in [0.4, 0.5) is 5.69 Å². The predicted octanol–water partition coefficient (Wildman–Crippen LogP) is 2.54. The van der Waals surface area contributed by atoms with Gasteiger partial charge in [-0.2, -0.15) is 4.31 Å². The standard InChI is InChI=1S/C25H31N5O4S/c1-4-28(5-2)35(33,34)21-12-10-20(11-13-21)30-17-19(16-24(30)31)25(32)26-14-15-29-18(3)27-22-8-6-7-9-23(22)29/h6-13,19H,4-5,14-17H2,1-3H3,(H,26,32). The second-order valence-corrected chi connectivity index (χ2v) is 10.5. The number of aryl methyl sites for hydroxylation is 1. The molecule has 1 saturated heterocycles. The van der Waals surface area contributed by atoms with Gasteiger partial charge in [0.05, 0.1) is 21.8 Å². The molecule has 1 atom stereocenters. The molecule has 10 heteroatoms. The third kappa shape index (κ3) is 4.94. The summed E-state index contributed by atoms with van der Waals surface area (Å²) in [5.74, 6) is 0.112. The third-order valence-electron chi connectivity index (χ3n) is 6.47. The van der Waals surface area contributed by atoms with Crippen LogP contribution in [0.5, 0.6) is 0 Å². The van der Waals surface area contributed by atoms with Gasteiger partial charge in [0.15, 0.2) is 0 Å². The first-order chi connectivity index (χ1) is 16.8. The molecule has 1 aliphatic rings. The summed E-state index contributed by atoms with van der Waals surface area (Å²) in [4.78, 5) is 31.7. The molecule has 1 aromatic heterocycles. The molecule has 0 radical (unpaired) electrons. The second-order valence-electron chi connectivity index (χ2n) is 8.58. The van der Waals surface area contributed by atoms with Gasteiger partial charge < -0.3 is 14.8 Å². The highest BCUT2D eigenvalue weighted by Gasteiger charge is 2.35. The highest BCUT2D eigenvalue weighted by Crippen LogP contribution is 2.27. The van der Waals surface area contributed by atoms with Gasteiger partial charge in [-0.05, 0) is 43.3 Å². The monoisotopic (exact) mass is 497 g/mol. The number of fused-ring (bicyclic) bond motifs is 1. The average molecular weight is 498 g/mol. The van der Waals surface area contributed by atoms with Crippen molar-refractivity contribution in [2.24, 2.45) is 5.92 Å². The molecule has 3 aromatic rings. The minimum atomic E-state index is -3.57. The lowest BCUT2D eigenvalue weighted by atomic mass is 10.1. The van der Waals surface area contributed by atoms with Crippen molar-refractivity contribution in [3.8, 4) is 0 Å². The summed E-state index contributed by atoms with van der Waals surface area (Å²) >= 11 is 0. The van der Waals surface area contributed by atoms with Crippen molar-refractivity contribution in [2.75, 3.05) is 31.1 Å². The van der Waals surface area contributed by atoms with Crippen LogP contribution >= 0.6 is 0 Å². The summed E-state index contributed by atoms with van der Waals surface area (Å²) in [5, 5.41) is 2.95. The van der Waals surface area contributed by atoms with E-state index in [4.69, 9.17) is 0 Å². The molecule has 1 aliphatic heterocycles. The summed E-state index contributed by atoms with van der Waals surface area (Å²) < 4.78 is 28.8. The third-order valence-corrected chi connectivity index (χ3v) is 8.53. The minimum Gasteiger partial charge on any atom is -0.354 e. The van der Waals surface area contributed by atoms with Crippen molar-refractivity contribution in [2.45, 2.75) is 38.6 Å². The smallest absolute Gasteiger partial charge is 0.243 e. The van der Waals surface area contributed by atoms with E-state index < -0.39 is 15.9 Å². The summed E-state index contributed by atoms with van der Waals surface area (Å²) in [5.41, 5.74) is 2.53. The number of hydrogen-bond acceptors (Lipinski definition) is 5. The molecule has 0 spiro atoms. The molecule has 186 valence electrons. The van der Waals surface area contributed by atoms with E-state index in [2.05, 4.69) is 14.9 Å². The van der Waals surface area contributed by atoms with Crippen LogP contribution in [-0.4, -0.2) is 60.3 Å². The van der Waals surface area contributed by atoms with Gasteiger partial charge in [0.2, 0.25) is 21.8 Å². The van der Waals surface area contributed by atoms with E-state index in [9.17, 15) is 18.0 Å². The lowest BCUT2D eigenvalue weighted by molar-refractivity contribution is -0.126. The number of imidazole rings is 1. The number of sulfonamides is 1. The molecule has 0 saturated carbocycles. The zero-order chi connectivity index (χ0) is 25.2. The molecule has 9 nitrogen and oxygen atoms in total. The highest BCUT2D eigenvalue weighted by atomic mass is 32.2. The van der Waals surface area contributed by atoms with Crippen molar-refractivity contribution >= 4 is 38.6 Å². The number of carbonyl (C=O) groups excluding carboxylic acids is 2. The number of para-hydroxylation sites is 2. The second kappa shape index (κ2) is 10.2. The average Bonchev–Trinajstić information content (AvgIpc) is 3.39. The minimum absolute atomic E-state index is 0.123. The lowest BCUT2D eigenvalue weighted by Crippen LogP contribution is -2.35. The summed E-state index contributed by atoms with van der Waals surface area (Å²) in [6.45, 7) is 7.59. The quantitative estimate of drug-likeness (QED) is 0.489. The van der Waals surface area contributed by atoms with Gasteiger partial charge >= 0.3 is 0 Å². The molecule has 1 fully saturated rings. The number of nitrogens with one attached hydrogen (secondary N) is 1. The number of rotatable bonds is 9. The molecule has 35 heavy (non-hydrogen) atoms. The molecule has 2 aromatic carbocycles. The van der Waals surface area contributed by atoms with E-state index in [0.29, 0.717) is 31.9 Å². The predicted molar refractivity (Wildman–Crippen MR) is 134 cm³/mol. The van der Waals surface area contributed by atoms with Gasteiger partial charge in [0.1, 0.15) is 5.82 Å². The van der Waals surface area contributed by atoms with Crippen LogP contribution in [0.3, 0.4) is 0 Å². The van der Waals surface area contributed by atoms with Crippen LogP contribution in [0.15, 0.2) is 53.4 Å². The number of nitrogens with zero attached hydrogens (tertiary/aromatic N) is 4.